The van der Waals surface area contributed by atoms with Crippen molar-refractivity contribution in [3.8, 4) is 0 Å². The van der Waals surface area contributed by atoms with E-state index in [9.17, 15) is 14.4 Å². The summed E-state index contributed by atoms with van der Waals surface area (Å²) in [5, 5.41) is 2.94. The van der Waals surface area contributed by atoms with Gasteiger partial charge in [-0.25, -0.2) is 4.79 Å². The van der Waals surface area contributed by atoms with Crippen LogP contribution in [0.5, 0.6) is 0 Å². The molecule has 1 unspecified atom stereocenters. The third-order valence-corrected chi connectivity index (χ3v) is 6.67. The van der Waals surface area contributed by atoms with E-state index in [4.69, 9.17) is 0 Å². The number of carbonyl (C=O) groups excluding carboxylic acids is 3. The van der Waals surface area contributed by atoms with Crippen LogP contribution < -0.4 is 5.32 Å². The van der Waals surface area contributed by atoms with Gasteiger partial charge in [-0.1, -0.05) is 58.8 Å². The normalized spacial score (nSPS) is 26.1. The zero-order valence-corrected chi connectivity index (χ0v) is 15.7. The number of nitrogens with one attached hydrogen (secondary N) is 1. The van der Waals surface area contributed by atoms with Crippen LogP contribution in [0.3, 0.4) is 0 Å². The Morgan fingerprint density at radius 3 is 2.40 bits per heavy atom. The number of hydrogen-bond acceptors (Lipinski definition) is 3. The number of urea groups is 1. The molecule has 0 aromatic carbocycles. The molecule has 25 heavy (non-hydrogen) atoms. The van der Waals surface area contributed by atoms with Crippen LogP contribution in [0.4, 0.5) is 4.79 Å². The number of imide groups is 1. The molecule has 0 bridgehead atoms. The Labute approximate surface area is 150 Å². The molecule has 3 amide bonds. The SMILES string of the molecule is CCC(C)C(=O)[C@H](CC1CCCCC1)N1C(=O)NC2(CCCC2)C1=O. The minimum atomic E-state index is -0.725. The number of rotatable bonds is 6. The summed E-state index contributed by atoms with van der Waals surface area (Å²) >= 11 is 0. The van der Waals surface area contributed by atoms with Gasteiger partial charge in [0.25, 0.3) is 5.91 Å². The number of Topliss-reactive ketones (excluding diaryl/α,β-unsaturated/α-hetero) is 1. The Hall–Kier alpha value is -1.39. The lowest BCUT2D eigenvalue weighted by molar-refractivity contribution is -0.139. The number of carbonyl (C=O) groups is 3. The molecule has 140 valence electrons. The monoisotopic (exact) mass is 348 g/mol. The van der Waals surface area contributed by atoms with Crippen molar-refractivity contribution in [2.24, 2.45) is 11.8 Å². The maximum atomic E-state index is 13.1. The Morgan fingerprint density at radius 2 is 1.80 bits per heavy atom. The van der Waals surface area contributed by atoms with Gasteiger partial charge in [-0.05, 0) is 31.6 Å². The highest BCUT2D eigenvalue weighted by atomic mass is 16.2. The highest BCUT2D eigenvalue weighted by Crippen LogP contribution is 2.38. The predicted octanol–water partition coefficient (Wildman–Crippen LogP) is 3.81. The van der Waals surface area contributed by atoms with Crippen molar-refractivity contribution in [3.63, 3.8) is 0 Å². The Kier molecular flexibility index (Phi) is 5.49. The van der Waals surface area contributed by atoms with E-state index in [1.54, 1.807) is 0 Å². The van der Waals surface area contributed by atoms with E-state index in [1.807, 2.05) is 13.8 Å². The van der Waals surface area contributed by atoms with Crippen molar-refractivity contribution in [1.82, 2.24) is 10.2 Å². The fourth-order valence-electron chi connectivity index (χ4n) is 4.86. The van der Waals surface area contributed by atoms with Crippen LogP contribution in [0, 0.1) is 11.8 Å². The first-order valence-electron chi connectivity index (χ1n) is 10.2. The standard InChI is InChI=1S/C20H32N2O3/c1-3-14(2)17(23)16(13-15-9-5-4-6-10-15)22-18(24)20(21-19(22)25)11-7-8-12-20/h14-16H,3-13H2,1-2H3,(H,21,25)/t14?,16-/m0/s1. The molecule has 5 nitrogen and oxygen atoms in total. The second-order valence-corrected chi connectivity index (χ2v) is 8.36. The molecule has 3 aliphatic rings. The van der Waals surface area contributed by atoms with E-state index in [0.717, 1.165) is 32.1 Å². The van der Waals surface area contributed by atoms with E-state index < -0.39 is 11.6 Å². The molecular weight excluding hydrogens is 316 g/mol. The average Bonchev–Trinajstić information content (AvgIpc) is 3.18. The first kappa shape index (κ1) is 18.4. The van der Waals surface area contributed by atoms with Crippen molar-refractivity contribution in [3.05, 3.63) is 0 Å². The molecule has 1 heterocycles. The van der Waals surface area contributed by atoms with Crippen LogP contribution >= 0.6 is 0 Å². The van der Waals surface area contributed by atoms with Gasteiger partial charge < -0.3 is 5.32 Å². The molecule has 0 aromatic rings. The van der Waals surface area contributed by atoms with E-state index in [-0.39, 0.29) is 23.6 Å². The first-order valence-corrected chi connectivity index (χ1v) is 10.2. The number of hydrogen-bond donors (Lipinski definition) is 1. The Balaban J connectivity index is 1.83. The lowest BCUT2D eigenvalue weighted by atomic mass is 9.81. The maximum absolute atomic E-state index is 13.1. The van der Waals surface area contributed by atoms with Crippen LogP contribution in [-0.2, 0) is 9.59 Å². The van der Waals surface area contributed by atoms with Crippen molar-refractivity contribution < 1.29 is 14.4 Å². The molecule has 2 saturated carbocycles. The predicted molar refractivity (Wildman–Crippen MR) is 96.0 cm³/mol. The van der Waals surface area contributed by atoms with Gasteiger partial charge in [0.2, 0.25) is 0 Å². The zero-order valence-electron chi connectivity index (χ0n) is 15.7. The van der Waals surface area contributed by atoms with Crippen molar-refractivity contribution in [2.75, 3.05) is 0 Å². The summed E-state index contributed by atoms with van der Waals surface area (Å²) in [7, 11) is 0. The third-order valence-electron chi connectivity index (χ3n) is 6.67. The lowest BCUT2D eigenvalue weighted by Crippen LogP contribution is -2.50. The fraction of sp³-hybridized carbons (Fsp3) is 0.850. The van der Waals surface area contributed by atoms with Gasteiger partial charge in [-0.3, -0.25) is 14.5 Å². The molecule has 0 radical (unpaired) electrons. The molecule has 2 aliphatic carbocycles. The number of nitrogens with zero attached hydrogens (tertiary/aromatic N) is 1. The van der Waals surface area contributed by atoms with Crippen LogP contribution in [0.15, 0.2) is 0 Å². The topological polar surface area (TPSA) is 66.5 Å². The fourth-order valence-corrected chi connectivity index (χ4v) is 4.86. The van der Waals surface area contributed by atoms with Crippen LogP contribution in [0.1, 0.15) is 84.5 Å². The molecule has 1 spiro atoms. The Bertz CT molecular complexity index is 533. The van der Waals surface area contributed by atoms with Gasteiger partial charge in [-0.2, -0.15) is 0 Å². The van der Waals surface area contributed by atoms with Crippen LogP contribution in [-0.4, -0.2) is 34.2 Å². The minimum Gasteiger partial charge on any atom is -0.323 e. The second-order valence-electron chi connectivity index (χ2n) is 8.36. The van der Waals surface area contributed by atoms with E-state index >= 15 is 0 Å². The first-order chi connectivity index (χ1) is 12.0. The van der Waals surface area contributed by atoms with Gasteiger partial charge in [-0.15, -0.1) is 0 Å². The van der Waals surface area contributed by atoms with Crippen molar-refractivity contribution in [2.45, 2.75) is 96.1 Å². The van der Waals surface area contributed by atoms with Gasteiger partial charge in [0.05, 0.1) is 0 Å². The van der Waals surface area contributed by atoms with Gasteiger partial charge in [0, 0.05) is 5.92 Å². The Morgan fingerprint density at radius 1 is 1.16 bits per heavy atom. The largest absolute Gasteiger partial charge is 0.325 e. The summed E-state index contributed by atoms with van der Waals surface area (Å²) in [6.07, 6.45) is 10.6. The average molecular weight is 348 g/mol. The second kappa shape index (κ2) is 7.46. The maximum Gasteiger partial charge on any atom is 0.325 e. The zero-order chi connectivity index (χ0) is 18.0. The third kappa shape index (κ3) is 3.47. The molecular formula is C20H32N2O3. The summed E-state index contributed by atoms with van der Waals surface area (Å²) in [4.78, 5) is 40.2. The summed E-state index contributed by atoms with van der Waals surface area (Å²) in [5.41, 5.74) is -0.725. The molecule has 3 fully saturated rings. The van der Waals surface area contributed by atoms with E-state index in [1.165, 1.54) is 24.2 Å². The molecule has 2 atom stereocenters. The van der Waals surface area contributed by atoms with E-state index in [0.29, 0.717) is 25.2 Å². The summed E-state index contributed by atoms with van der Waals surface area (Å²) in [5.74, 6) is 0.251. The lowest BCUT2D eigenvalue weighted by Gasteiger charge is -2.32. The highest BCUT2D eigenvalue weighted by molar-refractivity contribution is 6.10. The number of ketones is 1. The molecule has 1 N–H and O–H groups in total. The van der Waals surface area contributed by atoms with Crippen LogP contribution in [0.25, 0.3) is 0 Å². The van der Waals surface area contributed by atoms with Crippen LogP contribution in [0.2, 0.25) is 0 Å². The number of amides is 3. The summed E-state index contributed by atoms with van der Waals surface area (Å²) in [6, 6.07) is -0.921. The quantitative estimate of drug-likeness (QED) is 0.742. The van der Waals surface area contributed by atoms with E-state index in [2.05, 4.69) is 5.32 Å². The van der Waals surface area contributed by atoms with Gasteiger partial charge in [0.15, 0.2) is 5.78 Å². The van der Waals surface area contributed by atoms with Gasteiger partial charge in [0.1, 0.15) is 11.6 Å². The molecule has 1 aliphatic heterocycles. The molecule has 3 rings (SSSR count). The molecule has 5 heteroatoms. The summed E-state index contributed by atoms with van der Waals surface area (Å²) in [6.45, 7) is 3.91. The minimum absolute atomic E-state index is 0.0617. The summed E-state index contributed by atoms with van der Waals surface area (Å²) < 4.78 is 0. The molecule has 0 aromatic heterocycles. The molecule has 1 saturated heterocycles. The van der Waals surface area contributed by atoms with Crippen molar-refractivity contribution in [1.29, 1.82) is 0 Å². The van der Waals surface area contributed by atoms with Crippen molar-refractivity contribution >= 4 is 17.7 Å². The smallest absolute Gasteiger partial charge is 0.323 e. The van der Waals surface area contributed by atoms with Gasteiger partial charge >= 0.3 is 6.03 Å². The highest BCUT2D eigenvalue weighted by Gasteiger charge is 2.55.